The normalized spacial score (nSPS) is 12.8. The van der Waals surface area contributed by atoms with Crippen molar-refractivity contribution in [3.8, 4) is 0 Å². The minimum Gasteiger partial charge on any atom is -0.464 e. The number of furan rings is 1. The summed E-state index contributed by atoms with van der Waals surface area (Å²) in [4.78, 5) is 26.5. The van der Waals surface area contributed by atoms with E-state index >= 15 is 0 Å². The molecule has 1 amide bonds. The predicted octanol–water partition coefficient (Wildman–Crippen LogP) is 3.16. The molecule has 0 saturated carbocycles. The van der Waals surface area contributed by atoms with Gasteiger partial charge in [-0.1, -0.05) is 27.7 Å². The largest absolute Gasteiger partial charge is 0.464 e. The van der Waals surface area contributed by atoms with Crippen LogP contribution in [-0.4, -0.2) is 20.4 Å². The van der Waals surface area contributed by atoms with Crippen LogP contribution in [0.5, 0.6) is 0 Å². The van der Waals surface area contributed by atoms with Gasteiger partial charge < -0.3 is 19.8 Å². The molecule has 25 heavy (non-hydrogen) atoms. The van der Waals surface area contributed by atoms with E-state index in [1.807, 2.05) is 39.8 Å². The number of aromatic nitrogens is 2. The van der Waals surface area contributed by atoms with Gasteiger partial charge in [-0.2, -0.15) is 0 Å². The number of hydrogen-bond acceptors (Lipinski definition) is 5. The van der Waals surface area contributed by atoms with Gasteiger partial charge >= 0.3 is 5.82 Å². The highest BCUT2D eigenvalue weighted by atomic mass is 16.6. The maximum atomic E-state index is 12.5. The molecule has 0 spiro atoms. The number of carbonyl (C=O) groups is 1. The molecular weight excluding hydrogens is 324 g/mol. The van der Waals surface area contributed by atoms with E-state index in [1.54, 1.807) is 6.92 Å². The summed E-state index contributed by atoms with van der Waals surface area (Å²) in [6, 6.07) is 3.48. The lowest BCUT2D eigenvalue weighted by molar-refractivity contribution is -0.389. The molecule has 1 unspecified atom stereocenters. The Balaban J connectivity index is 2.16. The van der Waals surface area contributed by atoms with Gasteiger partial charge in [-0.25, -0.2) is 0 Å². The lowest BCUT2D eigenvalue weighted by Gasteiger charge is -2.30. The van der Waals surface area contributed by atoms with Gasteiger partial charge in [0.15, 0.2) is 0 Å². The van der Waals surface area contributed by atoms with Crippen molar-refractivity contribution in [3.63, 3.8) is 0 Å². The molecule has 0 aliphatic carbocycles. The summed E-state index contributed by atoms with van der Waals surface area (Å²) < 4.78 is 7.27. The van der Waals surface area contributed by atoms with E-state index in [0.717, 1.165) is 12.2 Å². The van der Waals surface area contributed by atoms with Crippen molar-refractivity contribution in [2.45, 2.75) is 53.6 Å². The van der Waals surface area contributed by atoms with Crippen molar-refractivity contribution in [3.05, 3.63) is 45.8 Å². The van der Waals surface area contributed by atoms with E-state index < -0.39 is 4.92 Å². The van der Waals surface area contributed by atoms with E-state index in [-0.39, 0.29) is 29.7 Å². The zero-order valence-electron chi connectivity index (χ0n) is 15.2. The smallest absolute Gasteiger partial charge is 0.381 e. The highest BCUT2D eigenvalue weighted by Gasteiger charge is 2.31. The molecule has 0 saturated heterocycles. The van der Waals surface area contributed by atoms with Gasteiger partial charge in [0.2, 0.25) is 11.7 Å². The minimum absolute atomic E-state index is 0.0411. The molecule has 0 aromatic carbocycles. The number of rotatable bonds is 6. The summed E-state index contributed by atoms with van der Waals surface area (Å²) in [6.07, 6.45) is 2.05. The topological polar surface area (TPSA) is 103 Å². The van der Waals surface area contributed by atoms with Gasteiger partial charge in [0.25, 0.3) is 0 Å². The maximum absolute atomic E-state index is 12.5. The molecule has 136 valence electrons. The first-order valence-corrected chi connectivity index (χ1v) is 8.18. The summed E-state index contributed by atoms with van der Waals surface area (Å²) in [7, 11) is 0. The van der Waals surface area contributed by atoms with Crippen LogP contribution in [0.2, 0.25) is 0 Å². The Bertz CT molecular complexity index is 770. The summed E-state index contributed by atoms with van der Waals surface area (Å²) in [5, 5.41) is 13.8. The molecule has 0 aliphatic heterocycles. The lowest BCUT2D eigenvalue weighted by Crippen LogP contribution is -2.38. The van der Waals surface area contributed by atoms with Crippen LogP contribution in [0, 0.1) is 22.5 Å². The zero-order valence-corrected chi connectivity index (χ0v) is 15.2. The number of carbonyl (C=O) groups excluding carboxylic acids is 1. The van der Waals surface area contributed by atoms with Gasteiger partial charge in [0.05, 0.1) is 6.04 Å². The molecule has 2 heterocycles. The van der Waals surface area contributed by atoms with Crippen LogP contribution in [0.25, 0.3) is 0 Å². The molecule has 0 radical (unpaired) electrons. The van der Waals surface area contributed by atoms with Crippen molar-refractivity contribution >= 4 is 11.7 Å². The number of aryl methyl sites for hydroxylation is 2. The Morgan fingerprint density at radius 3 is 2.60 bits per heavy atom. The lowest BCUT2D eigenvalue weighted by atomic mass is 9.85. The number of amides is 1. The van der Waals surface area contributed by atoms with Crippen LogP contribution in [0.15, 0.2) is 22.7 Å². The Morgan fingerprint density at radius 2 is 2.12 bits per heavy atom. The van der Waals surface area contributed by atoms with Crippen LogP contribution in [0.1, 0.15) is 51.1 Å². The van der Waals surface area contributed by atoms with Crippen molar-refractivity contribution in [2.24, 2.45) is 5.41 Å². The molecule has 2 rings (SSSR count). The number of nitrogens with zero attached hydrogens (tertiary/aromatic N) is 3. The van der Waals surface area contributed by atoms with Crippen LogP contribution in [0.3, 0.4) is 0 Å². The summed E-state index contributed by atoms with van der Waals surface area (Å²) in [5.41, 5.74) is -0.255. The third-order valence-electron chi connectivity index (χ3n) is 3.95. The molecule has 1 atom stereocenters. The first-order valence-electron chi connectivity index (χ1n) is 8.18. The van der Waals surface area contributed by atoms with Crippen LogP contribution < -0.4 is 5.32 Å². The van der Waals surface area contributed by atoms with Crippen LogP contribution >= 0.6 is 0 Å². The molecular formula is C17H24N4O4. The van der Waals surface area contributed by atoms with Crippen molar-refractivity contribution in [1.82, 2.24) is 14.9 Å². The number of imidazole rings is 1. The molecule has 1 N–H and O–H groups in total. The molecule has 0 bridgehead atoms. The molecule has 8 heteroatoms. The summed E-state index contributed by atoms with van der Waals surface area (Å²) in [6.45, 7) is 9.63. The Kier molecular flexibility index (Phi) is 5.30. The van der Waals surface area contributed by atoms with Crippen molar-refractivity contribution < 1.29 is 14.1 Å². The molecule has 2 aromatic rings. The number of nitro groups is 1. The van der Waals surface area contributed by atoms with Crippen LogP contribution in [0.4, 0.5) is 5.82 Å². The molecule has 0 fully saturated rings. The minimum atomic E-state index is -0.575. The number of hydrogen-bond donors (Lipinski definition) is 1. The van der Waals surface area contributed by atoms with Crippen LogP contribution in [-0.2, 0) is 17.8 Å². The first-order chi connectivity index (χ1) is 11.6. The fourth-order valence-corrected chi connectivity index (χ4v) is 2.56. The molecule has 0 aliphatic rings. The fourth-order valence-electron chi connectivity index (χ4n) is 2.56. The second kappa shape index (κ2) is 7.08. The van der Waals surface area contributed by atoms with Gasteiger partial charge in [-0.3, -0.25) is 9.36 Å². The third kappa shape index (κ3) is 4.46. The average Bonchev–Trinajstić information content (AvgIpc) is 3.11. The SMILES string of the molecule is CCc1ccc(C(NC(=O)Cn2cc([N+](=O)[O-])nc2C)C(C)(C)C)o1. The third-order valence-corrected chi connectivity index (χ3v) is 3.95. The van der Waals surface area contributed by atoms with Gasteiger partial charge in [-0.05, 0) is 27.5 Å². The summed E-state index contributed by atoms with van der Waals surface area (Å²) >= 11 is 0. The van der Waals surface area contributed by atoms with E-state index in [1.165, 1.54) is 10.8 Å². The van der Waals surface area contributed by atoms with E-state index in [0.29, 0.717) is 11.6 Å². The molecule has 2 aromatic heterocycles. The predicted molar refractivity (Wildman–Crippen MR) is 92.0 cm³/mol. The van der Waals surface area contributed by atoms with E-state index in [9.17, 15) is 14.9 Å². The van der Waals surface area contributed by atoms with Gasteiger partial charge in [0.1, 0.15) is 24.3 Å². The Labute approximate surface area is 146 Å². The first kappa shape index (κ1) is 18.7. The number of nitrogens with one attached hydrogen (secondary N) is 1. The Hall–Kier alpha value is -2.64. The highest BCUT2D eigenvalue weighted by molar-refractivity contribution is 5.76. The average molecular weight is 348 g/mol. The fraction of sp³-hybridized carbons (Fsp3) is 0.529. The van der Waals surface area contributed by atoms with Crippen molar-refractivity contribution in [1.29, 1.82) is 0 Å². The molecule has 8 nitrogen and oxygen atoms in total. The monoisotopic (exact) mass is 348 g/mol. The maximum Gasteiger partial charge on any atom is 0.381 e. The Morgan fingerprint density at radius 1 is 1.44 bits per heavy atom. The quantitative estimate of drug-likeness (QED) is 0.638. The van der Waals surface area contributed by atoms with E-state index in [4.69, 9.17) is 4.42 Å². The van der Waals surface area contributed by atoms with E-state index in [2.05, 4.69) is 10.3 Å². The second-order valence-corrected chi connectivity index (χ2v) is 7.06. The highest BCUT2D eigenvalue weighted by Crippen LogP contribution is 2.33. The standard InChI is InChI=1S/C17H24N4O4/c1-6-12-7-8-13(25-12)16(17(3,4)5)19-15(22)10-20-9-14(21(23)24)18-11(20)2/h7-9,16H,6,10H2,1-5H3,(H,19,22). The zero-order chi connectivity index (χ0) is 18.8. The van der Waals surface area contributed by atoms with Gasteiger partial charge in [-0.15, -0.1) is 0 Å². The van der Waals surface area contributed by atoms with Gasteiger partial charge in [0, 0.05) is 13.3 Å². The summed E-state index contributed by atoms with van der Waals surface area (Å²) in [5.74, 6) is 1.45. The second-order valence-electron chi connectivity index (χ2n) is 7.06. The van der Waals surface area contributed by atoms with Crippen molar-refractivity contribution in [2.75, 3.05) is 0 Å².